The molecule has 124 valence electrons. The molecule has 0 aliphatic carbocycles. The van der Waals surface area contributed by atoms with E-state index >= 15 is 0 Å². The van der Waals surface area contributed by atoms with Gasteiger partial charge in [0.1, 0.15) is 5.75 Å². The first-order chi connectivity index (χ1) is 10.8. The SMILES string of the molecule is I.NC(=NCCCOc1ccccc1)NCCc1ccccc1. The van der Waals surface area contributed by atoms with E-state index < -0.39 is 0 Å². The lowest BCUT2D eigenvalue weighted by atomic mass is 10.1. The quantitative estimate of drug-likeness (QED) is 0.296. The van der Waals surface area contributed by atoms with Gasteiger partial charge in [0.2, 0.25) is 0 Å². The van der Waals surface area contributed by atoms with Crippen molar-refractivity contribution in [1.82, 2.24) is 5.32 Å². The van der Waals surface area contributed by atoms with Gasteiger partial charge in [0.25, 0.3) is 0 Å². The molecule has 0 atom stereocenters. The smallest absolute Gasteiger partial charge is 0.188 e. The van der Waals surface area contributed by atoms with Crippen LogP contribution in [-0.4, -0.2) is 25.7 Å². The molecule has 0 spiro atoms. The maximum atomic E-state index is 5.83. The first kappa shape index (κ1) is 19.3. The van der Waals surface area contributed by atoms with Gasteiger partial charge in [-0.2, -0.15) is 0 Å². The zero-order valence-corrected chi connectivity index (χ0v) is 15.5. The van der Waals surface area contributed by atoms with Gasteiger partial charge < -0.3 is 15.8 Å². The first-order valence-electron chi connectivity index (χ1n) is 7.60. The average Bonchev–Trinajstić information content (AvgIpc) is 2.56. The van der Waals surface area contributed by atoms with Crippen LogP contribution in [0.4, 0.5) is 0 Å². The standard InChI is InChI=1S/C18H23N3O.HI/c19-18(21-14-12-16-8-3-1-4-9-16)20-13-7-15-22-17-10-5-2-6-11-17;/h1-6,8-11H,7,12-15H2,(H3,19,20,21);1H. The fourth-order valence-corrected chi connectivity index (χ4v) is 2.01. The summed E-state index contributed by atoms with van der Waals surface area (Å²) in [6.45, 7) is 2.10. The van der Waals surface area contributed by atoms with Gasteiger partial charge in [-0.25, -0.2) is 0 Å². The van der Waals surface area contributed by atoms with E-state index in [0.717, 1.165) is 25.1 Å². The van der Waals surface area contributed by atoms with Crippen LogP contribution in [0.2, 0.25) is 0 Å². The number of benzene rings is 2. The van der Waals surface area contributed by atoms with Crippen molar-refractivity contribution >= 4 is 29.9 Å². The largest absolute Gasteiger partial charge is 0.494 e. The van der Waals surface area contributed by atoms with Crippen molar-refractivity contribution in [2.45, 2.75) is 12.8 Å². The molecule has 0 fully saturated rings. The van der Waals surface area contributed by atoms with Crippen LogP contribution in [0.5, 0.6) is 5.75 Å². The summed E-state index contributed by atoms with van der Waals surface area (Å²) in [6.07, 6.45) is 1.78. The number of halogens is 1. The molecule has 0 aromatic heterocycles. The number of hydrogen-bond donors (Lipinski definition) is 2. The number of nitrogens with zero attached hydrogens (tertiary/aromatic N) is 1. The van der Waals surface area contributed by atoms with E-state index in [-0.39, 0.29) is 24.0 Å². The molecular weight excluding hydrogens is 401 g/mol. The van der Waals surface area contributed by atoms with E-state index in [0.29, 0.717) is 19.1 Å². The lowest BCUT2D eigenvalue weighted by Gasteiger charge is -2.06. The highest BCUT2D eigenvalue weighted by atomic mass is 127. The summed E-state index contributed by atoms with van der Waals surface area (Å²) in [7, 11) is 0. The molecular formula is C18H24IN3O. The fourth-order valence-electron chi connectivity index (χ4n) is 2.01. The minimum atomic E-state index is 0. The van der Waals surface area contributed by atoms with E-state index in [1.54, 1.807) is 0 Å². The van der Waals surface area contributed by atoms with E-state index in [9.17, 15) is 0 Å². The van der Waals surface area contributed by atoms with Gasteiger partial charge in [-0.3, -0.25) is 4.99 Å². The molecule has 2 aromatic rings. The number of ether oxygens (including phenoxy) is 1. The second-order valence-electron chi connectivity index (χ2n) is 4.94. The summed E-state index contributed by atoms with van der Waals surface area (Å²) in [6, 6.07) is 20.1. The van der Waals surface area contributed by atoms with Gasteiger partial charge in [0.05, 0.1) is 6.61 Å². The molecule has 0 aliphatic heterocycles. The molecule has 0 bridgehead atoms. The summed E-state index contributed by atoms with van der Waals surface area (Å²) < 4.78 is 5.60. The number of guanidine groups is 1. The molecule has 4 nitrogen and oxygen atoms in total. The number of nitrogens with one attached hydrogen (secondary N) is 1. The maximum absolute atomic E-state index is 5.83. The second-order valence-corrected chi connectivity index (χ2v) is 4.94. The van der Waals surface area contributed by atoms with E-state index in [1.807, 2.05) is 48.5 Å². The second kappa shape index (κ2) is 11.8. The van der Waals surface area contributed by atoms with Crippen molar-refractivity contribution in [1.29, 1.82) is 0 Å². The minimum Gasteiger partial charge on any atom is -0.494 e. The molecule has 0 radical (unpaired) electrons. The third-order valence-corrected chi connectivity index (χ3v) is 3.16. The zero-order chi connectivity index (χ0) is 15.5. The summed E-state index contributed by atoms with van der Waals surface area (Å²) in [5.74, 6) is 1.39. The number of hydrogen-bond acceptors (Lipinski definition) is 2. The maximum Gasteiger partial charge on any atom is 0.188 e. The Morgan fingerprint density at radius 2 is 1.65 bits per heavy atom. The highest BCUT2D eigenvalue weighted by Gasteiger charge is 1.95. The first-order valence-corrected chi connectivity index (χ1v) is 7.60. The fraction of sp³-hybridized carbons (Fsp3) is 0.278. The lowest BCUT2D eigenvalue weighted by molar-refractivity contribution is 0.313. The van der Waals surface area contributed by atoms with E-state index in [2.05, 4.69) is 22.4 Å². The Hall–Kier alpha value is -1.76. The Morgan fingerprint density at radius 1 is 1.00 bits per heavy atom. The summed E-state index contributed by atoms with van der Waals surface area (Å²) in [5, 5.41) is 3.13. The Balaban J connectivity index is 0.00000264. The monoisotopic (exact) mass is 425 g/mol. The molecule has 3 N–H and O–H groups in total. The van der Waals surface area contributed by atoms with Crippen molar-refractivity contribution in [3.05, 3.63) is 66.2 Å². The van der Waals surface area contributed by atoms with Crippen LogP contribution in [0.1, 0.15) is 12.0 Å². The van der Waals surface area contributed by atoms with Crippen molar-refractivity contribution in [2.75, 3.05) is 19.7 Å². The summed E-state index contributed by atoms with van der Waals surface area (Å²) >= 11 is 0. The van der Waals surface area contributed by atoms with Gasteiger partial charge in [-0.1, -0.05) is 48.5 Å². The van der Waals surface area contributed by atoms with Gasteiger partial charge in [-0.05, 0) is 24.1 Å². The number of nitrogens with two attached hydrogens (primary N) is 1. The highest BCUT2D eigenvalue weighted by molar-refractivity contribution is 14.0. The predicted molar refractivity (Wildman–Crippen MR) is 107 cm³/mol. The highest BCUT2D eigenvalue weighted by Crippen LogP contribution is 2.08. The van der Waals surface area contributed by atoms with Crippen molar-refractivity contribution in [3.63, 3.8) is 0 Å². The third-order valence-electron chi connectivity index (χ3n) is 3.16. The Labute approximate surface area is 155 Å². The van der Waals surface area contributed by atoms with Gasteiger partial charge >= 0.3 is 0 Å². The molecule has 2 rings (SSSR count). The number of aliphatic imine (C=N–C) groups is 1. The third kappa shape index (κ3) is 8.44. The number of para-hydroxylation sites is 1. The van der Waals surface area contributed by atoms with Crippen molar-refractivity contribution in [3.8, 4) is 5.75 Å². The van der Waals surface area contributed by atoms with Gasteiger partial charge in [-0.15, -0.1) is 24.0 Å². The molecule has 0 unspecified atom stereocenters. The average molecular weight is 425 g/mol. The Kier molecular flexibility index (Phi) is 9.86. The van der Waals surface area contributed by atoms with Gasteiger partial charge in [0.15, 0.2) is 5.96 Å². The van der Waals surface area contributed by atoms with Crippen LogP contribution < -0.4 is 15.8 Å². The predicted octanol–water partition coefficient (Wildman–Crippen LogP) is 3.22. The number of rotatable bonds is 8. The van der Waals surface area contributed by atoms with Crippen LogP contribution >= 0.6 is 24.0 Å². The topological polar surface area (TPSA) is 59.6 Å². The molecule has 0 saturated heterocycles. The minimum absolute atomic E-state index is 0. The molecule has 0 heterocycles. The van der Waals surface area contributed by atoms with E-state index in [1.165, 1.54) is 5.56 Å². The zero-order valence-electron chi connectivity index (χ0n) is 13.2. The van der Waals surface area contributed by atoms with Crippen LogP contribution in [0.15, 0.2) is 65.7 Å². The van der Waals surface area contributed by atoms with Crippen LogP contribution in [-0.2, 0) is 6.42 Å². The Morgan fingerprint density at radius 3 is 2.35 bits per heavy atom. The van der Waals surface area contributed by atoms with Gasteiger partial charge in [0, 0.05) is 19.5 Å². The van der Waals surface area contributed by atoms with Crippen LogP contribution in [0.3, 0.4) is 0 Å². The molecule has 23 heavy (non-hydrogen) atoms. The summed E-state index contributed by atoms with van der Waals surface area (Å²) in [5.41, 5.74) is 7.12. The molecule has 5 heteroatoms. The molecule has 0 amide bonds. The molecule has 0 saturated carbocycles. The van der Waals surface area contributed by atoms with Crippen LogP contribution in [0.25, 0.3) is 0 Å². The summed E-state index contributed by atoms with van der Waals surface area (Å²) in [4.78, 5) is 4.29. The molecule has 2 aromatic carbocycles. The lowest BCUT2D eigenvalue weighted by Crippen LogP contribution is -2.33. The van der Waals surface area contributed by atoms with E-state index in [4.69, 9.17) is 10.5 Å². The Bertz CT molecular complexity index is 561. The normalized spacial score (nSPS) is 10.7. The van der Waals surface area contributed by atoms with Crippen molar-refractivity contribution in [2.24, 2.45) is 10.7 Å². The molecule has 0 aliphatic rings. The van der Waals surface area contributed by atoms with Crippen LogP contribution in [0, 0.1) is 0 Å². The van der Waals surface area contributed by atoms with Crippen molar-refractivity contribution < 1.29 is 4.74 Å².